The van der Waals surface area contributed by atoms with Gasteiger partial charge in [-0.3, -0.25) is 19.0 Å². The number of nitrogens with zero attached hydrogens (tertiary/aromatic N) is 4. The van der Waals surface area contributed by atoms with Crippen molar-refractivity contribution in [2.45, 2.75) is 46.2 Å². The van der Waals surface area contributed by atoms with Gasteiger partial charge in [0, 0.05) is 31.1 Å². The van der Waals surface area contributed by atoms with Crippen molar-refractivity contribution >= 4 is 17.6 Å². The number of anilines is 1. The molecule has 0 spiro atoms. The monoisotopic (exact) mass is 332 g/mol. The van der Waals surface area contributed by atoms with Gasteiger partial charge in [-0.2, -0.15) is 10.2 Å². The Hall–Kier alpha value is -2.64. The third kappa shape index (κ3) is 4.01. The molecular formula is C16H24N6O2. The molecule has 0 saturated carbocycles. The lowest BCUT2D eigenvalue weighted by atomic mass is 10.1. The molecule has 2 N–H and O–H groups in total. The quantitative estimate of drug-likeness (QED) is 0.833. The fourth-order valence-electron chi connectivity index (χ4n) is 2.24. The molecule has 0 radical (unpaired) electrons. The second-order valence-corrected chi connectivity index (χ2v) is 6.81. The summed E-state index contributed by atoms with van der Waals surface area (Å²) in [4.78, 5) is 24.0. The van der Waals surface area contributed by atoms with Gasteiger partial charge in [-0.15, -0.1) is 0 Å². The second kappa shape index (κ2) is 6.46. The smallest absolute Gasteiger partial charge is 0.314 e. The zero-order chi connectivity index (χ0) is 18.1. The van der Waals surface area contributed by atoms with E-state index in [2.05, 4.69) is 20.8 Å². The van der Waals surface area contributed by atoms with Crippen LogP contribution in [0.1, 0.15) is 45.0 Å². The predicted octanol–water partition coefficient (Wildman–Crippen LogP) is 1.50. The van der Waals surface area contributed by atoms with E-state index in [0.29, 0.717) is 5.82 Å². The molecule has 2 aromatic heterocycles. The Morgan fingerprint density at radius 3 is 2.38 bits per heavy atom. The minimum absolute atomic E-state index is 0.150. The van der Waals surface area contributed by atoms with Crippen molar-refractivity contribution in [3.63, 3.8) is 0 Å². The van der Waals surface area contributed by atoms with Crippen molar-refractivity contribution in [3.05, 3.63) is 29.7 Å². The largest absolute Gasteiger partial charge is 0.341 e. The summed E-state index contributed by atoms with van der Waals surface area (Å²) in [5, 5.41) is 13.6. The molecule has 130 valence electrons. The molecule has 2 aromatic rings. The highest BCUT2D eigenvalue weighted by molar-refractivity contribution is 6.39. The molecule has 8 heteroatoms. The van der Waals surface area contributed by atoms with Crippen molar-refractivity contribution in [1.82, 2.24) is 24.9 Å². The first-order chi connectivity index (χ1) is 11.1. The van der Waals surface area contributed by atoms with Crippen LogP contribution < -0.4 is 10.6 Å². The Kier molecular flexibility index (Phi) is 4.77. The number of aryl methyl sites for hydroxylation is 2. The zero-order valence-corrected chi connectivity index (χ0v) is 14.9. The van der Waals surface area contributed by atoms with Gasteiger partial charge < -0.3 is 10.6 Å². The van der Waals surface area contributed by atoms with Gasteiger partial charge in [0.2, 0.25) is 0 Å². The molecule has 0 saturated heterocycles. The predicted molar refractivity (Wildman–Crippen MR) is 90.4 cm³/mol. The maximum atomic E-state index is 12.1. The van der Waals surface area contributed by atoms with Gasteiger partial charge in [0.1, 0.15) is 0 Å². The Morgan fingerprint density at radius 2 is 1.88 bits per heavy atom. The van der Waals surface area contributed by atoms with Crippen molar-refractivity contribution in [3.8, 4) is 0 Å². The number of hydrogen-bond donors (Lipinski definition) is 2. The standard InChI is InChI=1S/C16H24N6O2/c1-10(12-9-22(16(3,4)5)19-11(12)2)17-14(23)15(24)18-13-7-8-21(6)20-13/h7-10H,1-6H3,(H,17,23)(H,18,20,24)/t10-/m0/s1. The fraction of sp³-hybridized carbons (Fsp3) is 0.500. The average Bonchev–Trinajstić information content (AvgIpc) is 3.04. The van der Waals surface area contributed by atoms with Crippen LogP contribution in [0.15, 0.2) is 18.5 Å². The lowest BCUT2D eigenvalue weighted by molar-refractivity contribution is -0.136. The number of amides is 2. The third-order valence-electron chi connectivity index (χ3n) is 3.60. The fourth-order valence-corrected chi connectivity index (χ4v) is 2.24. The molecule has 0 aliphatic carbocycles. The van der Waals surface area contributed by atoms with Crippen LogP contribution in [0.5, 0.6) is 0 Å². The van der Waals surface area contributed by atoms with Crippen molar-refractivity contribution in [2.75, 3.05) is 5.32 Å². The van der Waals surface area contributed by atoms with Crippen molar-refractivity contribution in [2.24, 2.45) is 7.05 Å². The van der Waals surface area contributed by atoms with Crippen LogP contribution in [0.3, 0.4) is 0 Å². The van der Waals surface area contributed by atoms with Crippen LogP contribution >= 0.6 is 0 Å². The highest BCUT2D eigenvalue weighted by Crippen LogP contribution is 2.21. The van der Waals surface area contributed by atoms with Gasteiger partial charge in [0.15, 0.2) is 5.82 Å². The van der Waals surface area contributed by atoms with Crippen LogP contribution in [-0.4, -0.2) is 31.4 Å². The first kappa shape index (κ1) is 17.7. The minimum Gasteiger partial charge on any atom is -0.341 e. The van der Waals surface area contributed by atoms with E-state index in [1.165, 1.54) is 0 Å². The highest BCUT2D eigenvalue weighted by Gasteiger charge is 2.22. The van der Waals surface area contributed by atoms with Crippen LogP contribution in [-0.2, 0) is 22.2 Å². The Labute approximate surface area is 141 Å². The normalized spacial score (nSPS) is 12.8. The van der Waals surface area contributed by atoms with E-state index in [0.717, 1.165) is 11.3 Å². The van der Waals surface area contributed by atoms with Crippen LogP contribution in [0, 0.1) is 6.92 Å². The number of hydrogen-bond acceptors (Lipinski definition) is 4. The summed E-state index contributed by atoms with van der Waals surface area (Å²) in [5.74, 6) is -1.13. The summed E-state index contributed by atoms with van der Waals surface area (Å²) >= 11 is 0. The van der Waals surface area contributed by atoms with E-state index < -0.39 is 11.8 Å². The molecular weight excluding hydrogens is 308 g/mol. The number of carbonyl (C=O) groups excluding carboxylic acids is 2. The SMILES string of the molecule is Cc1nn(C(C)(C)C)cc1[C@H](C)NC(=O)C(=O)Nc1ccn(C)n1. The number of rotatable bonds is 3. The summed E-state index contributed by atoms with van der Waals surface area (Å²) in [5.41, 5.74) is 1.55. The van der Waals surface area contributed by atoms with E-state index >= 15 is 0 Å². The lowest BCUT2D eigenvalue weighted by Crippen LogP contribution is -2.37. The molecule has 0 unspecified atom stereocenters. The Morgan fingerprint density at radius 1 is 1.21 bits per heavy atom. The molecule has 0 bridgehead atoms. The molecule has 24 heavy (non-hydrogen) atoms. The van der Waals surface area contributed by atoms with Gasteiger partial charge in [-0.25, -0.2) is 0 Å². The number of aromatic nitrogens is 4. The summed E-state index contributed by atoms with van der Waals surface area (Å²) in [7, 11) is 1.73. The maximum absolute atomic E-state index is 12.1. The molecule has 0 fully saturated rings. The van der Waals surface area contributed by atoms with Crippen LogP contribution in [0.25, 0.3) is 0 Å². The highest BCUT2D eigenvalue weighted by atomic mass is 16.2. The molecule has 0 aliphatic heterocycles. The number of nitrogens with one attached hydrogen (secondary N) is 2. The van der Waals surface area contributed by atoms with Gasteiger partial charge >= 0.3 is 11.8 Å². The molecule has 1 atom stereocenters. The van der Waals surface area contributed by atoms with E-state index in [-0.39, 0.29) is 11.6 Å². The molecule has 0 aromatic carbocycles. The van der Waals surface area contributed by atoms with Gasteiger partial charge in [-0.05, 0) is 34.6 Å². The molecule has 0 aliphatic rings. The third-order valence-corrected chi connectivity index (χ3v) is 3.60. The van der Waals surface area contributed by atoms with E-state index in [1.807, 2.05) is 45.5 Å². The first-order valence-electron chi connectivity index (χ1n) is 7.76. The van der Waals surface area contributed by atoms with Crippen molar-refractivity contribution in [1.29, 1.82) is 0 Å². The minimum atomic E-state index is -0.749. The maximum Gasteiger partial charge on any atom is 0.314 e. The van der Waals surface area contributed by atoms with E-state index in [4.69, 9.17) is 0 Å². The van der Waals surface area contributed by atoms with E-state index in [1.54, 1.807) is 24.0 Å². The van der Waals surface area contributed by atoms with Crippen LogP contribution in [0.4, 0.5) is 5.82 Å². The molecule has 8 nitrogen and oxygen atoms in total. The average molecular weight is 332 g/mol. The lowest BCUT2D eigenvalue weighted by Gasteiger charge is -2.19. The Bertz CT molecular complexity index is 753. The van der Waals surface area contributed by atoms with Crippen molar-refractivity contribution < 1.29 is 9.59 Å². The summed E-state index contributed by atoms with van der Waals surface area (Å²) in [6, 6.07) is 1.29. The zero-order valence-electron chi connectivity index (χ0n) is 14.9. The second-order valence-electron chi connectivity index (χ2n) is 6.81. The summed E-state index contributed by atoms with van der Waals surface area (Å²) in [6.45, 7) is 9.85. The summed E-state index contributed by atoms with van der Waals surface area (Å²) in [6.07, 6.45) is 3.58. The molecule has 2 rings (SSSR count). The van der Waals surface area contributed by atoms with E-state index in [9.17, 15) is 9.59 Å². The topological polar surface area (TPSA) is 93.8 Å². The molecule has 2 amide bonds. The van der Waals surface area contributed by atoms with Gasteiger partial charge in [0.25, 0.3) is 0 Å². The summed E-state index contributed by atoms with van der Waals surface area (Å²) < 4.78 is 3.40. The van der Waals surface area contributed by atoms with Gasteiger partial charge in [0.05, 0.1) is 17.3 Å². The van der Waals surface area contributed by atoms with Gasteiger partial charge in [-0.1, -0.05) is 0 Å². The first-order valence-corrected chi connectivity index (χ1v) is 7.76. The molecule has 2 heterocycles. The van der Waals surface area contributed by atoms with Crippen LogP contribution in [0.2, 0.25) is 0 Å². The Balaban J connectivity index is 2.03. The number of carbonyl (C=O) groups is 2.